The summed E-state index contributed by atoms with van der Waals surface area (Å²) in [5, 5.41) is 13.3. The summed E-state index contributed by atoms with van der Waals surface area (Å²) in [4.78, 5) is 55.8. The van der Waals surface area contributed by atoms with Crippen molar-refractivity contribution >= 4 is 45.1 Å². The number of aryl methyl sites for hydroxylation is 2. The van der Waals surface area contributed by atoms with Crippen LogP contribution in [0.4, 0.5) is 5.69 Å². The fourth-order valence-electron chi connectivity index (χ4n) is 6.55. The average Bonchev–Trinajstić information content (AvgIpc) is 3.24. The van der Waals surface area contributed by atoms with E-state index in [0.717, 1.165) is 10.6 Å². The molecule has 0 aromatic heterocycles. The van der Waals surface area contributed by atoms with Crippen molar-refractivity contribution in [3.8, 4) is 0 Å². The highest BCUT2D eigenvalue weighted by Gasteiger charge is 2.47. The molecule has 2 amide bonds. The quantitative estimate of drug-likeness (QED) is 0.340. The molecule has 3 aliphatic rings. The predicted octanol–water partition coefficient (Wildman–Crippen LogP) is 0.905. The number of aliphatic carboxylic acids is 1. The number of allylic oxidation sites excluding steroid dienone is 4. The molecular weight excluding hydrogens is 576 g/mol. The molecular formula is C31H29N2O9S-. The lowest BCUT2D eigenvalue weighted by Crippen LogP contribution is -3.03. The van der Waals surface area contributed by atoms with Crippen LogP contribution in [0.2, 0.25) is 0 Å². The molecule has 1 saturated heterocycles. The van der Waals surface area contributed by atoms with Gasteiger partial charge in [-0.25, -0.2) is 13.2 Å². The zero-order valence-corrected chi connectivity index (χ0v) is 24.6. The minimum absolute atomic E-state index is 0.0462. The third-order valence-electron chi connectivity index (χ3n) is 8.18. The molecule has 0 radical (unpaired) electrons. The molecule has 2 aromatic carbocycles. The van der Waals surface area contributed by atoms with Gasteiger partial charge in [-0.1, -0.05) is 24.3 Å². The molecule has 0 spiro atoms. The van der Waals surface area contributed by atoms with E-state index in [2.05, 4.69) is 0 Å². The number of carboxylic acid groups (broad SMARTS) is 1. The van der Waals surface area contributed by atoms with Gasteiger partial charge in [0.05, 0.1) is 28.7 Å². The first-order chi connectivity index (χ1) is 20.2. The number of likely N-dealkylation sites (N-methyl/N-ethyl adjacent to an activating group) is 1. The highest BCUT2D eigenvalue weighted by Crippen LogP contribution is 2.50. The van der Waals surface area contributed by atoms with E-state index in [4.69, 9.17) is 4.84 Å². The van der Waals surface area contributed by atoms with Crippen LogP contribution < -0.4 is 10.0 Å². The van der Waals surface area contributed by atoms with E-state index < -0.39 is 45.0 Å². The first-order valence-electron chi connectivity index (χ1n) is 13.7. The van der Waals surface area contributed by atoms with Gasteiger partial charge in [-0.3, -0.25) is 14.5 Å². The number of hydrogen-bond donors (Lipinski definition) is 1. The number of para-hydroxylation sites is 1. The minimum Gasteiger partial charge on any atom is -0.748 e. The van der Waals surface area contributed by atoms with Crippen LogP contribution >= 0.6 is 0 Å². The van der Waals surface area contributed by atoms with Gasteiger partial charge in [-0.15, -0.1) is 5.06 Å². The number of rotatable bonds is 8. The number of amides is 2. The SMILES string of the molecule is Cc1cc(C(=O)ON2C(=O)CCC2=O)cc(C)c1C1(CCCS(=O)(=O)[O-])C=CC=C2C1=C(C(=O)[O-])c1ccccc1[NH+]2C. The largest absolute Gasteiger partial charge is 0.748 e. The van der Waals surface area contributed by atoms with E-state index in [1.807, 2.05) is 13.1 Å². The van der Waals surface area contributed by atoms with Gasteiger partial charge in [0.2, 0.25) is 0 Å². The fraction of sp³-hybridized carbons (Fsp3) is 0.290. The van der Waals surface area contributed by atoms with E-state index in [9.17, 15) is 37.3 Å². The van der Waals surface area contributed by atoms with Crippen LogP contribution in [0.3, 0.4) is 0 Å². The number of quaternary nitrogens is 1. The fourth-order valence-corrected chi connectivity index (χ4v) is 7.05. The Kier molecular flexibility index (Phi) is 7.71. The number of fused-ring (bicyclic) bond motifs is 2. The Labute approximate surface area is 248 Å². The molecule has 2 heterocycles. The van der Waals surface area contributed by atoms with Gasteiger partial charge >= 0.3 is 5.97 Å². The van der Waals surface area contributed by atoms with Crippen LogP contribution in [0.15, 0.2) is 65.9 Å². The highest BCUT2D eigenvalue weighted by molar-refractivity contribution is 7.85. The van der Waals surface area contributed by atoms with E-state index in [1.54, 1.807) is 50.3 Å². The van der Waals surface area contributed by atoms with E-state index >= 15 is 0 Å². The molecule has 2 unspecified atom stereocenters. The maximum atomic E-state index is 13.0. The number of hydrogen-bond acceptors (Lipinski definition) is 9. The number of nitrogens with one attached hydrogen (secondary N) is 1. The van der Waals surface area contributed by atoms with E-state index in [-0.39, 0.29) is 36.8 Å². The van der Waals surface area contributed by atoms with Crippen molar-refractivity contribution in [2.24, 2.45) is 0 Å². The van der Waals surface area contributed by atoms with Gasteiger partial charge in [0.25, 0.3) is 11.8 Å². The zero-order chi connectivity index (χ0) is 31.3. The summed E-state index contributed by atoms with van der Waals surface area (Å²) in [5.74, 6) is -4.22. The van der Waals surface area contributed by atoms with Crippen LogP contribution in [0, 0.1) is 13.8 Å². The van der Waals surface area contributed by atoms with E-state index in [0.29, 0.717) is 38.6 Å². The molecule has 11 nitrogen and oxygen atoms in total. The van der Waals surface area contributed by atoms with Crippen molar-refractivity contribution in [2.45, 2.75) is 44.9 Å². The Morgan fingerprint density at radius 2 is 1.70 bits per heavy atom. The number of hydroxylamine groups is 2. The Hall–Kier alpha value is -4.39. The normalized spacial score (nSPS) is 21.4. The number of imide groups is 1. The van der Waals surface area contributed by atoms with Crippen LogP contribution in [0.25, 0.3) is 5.57 Å². The van der Waals surface area contributed by atoms with Gasteiger partial charge in [0.15, 0.2) is 0 Å². The lowest BCUT2D eigenvalue weighted by atomic mass is 9.62. The maximum Gasteiger partial charge on any atom is 0.363 e. The highest BCUT2D eigenvalue weighted by atomic mass is 32.2. The molecule has 1 aliphatic carbocycles. The van der Waals surface area contributed by atoms with Gasteiger partial charge < -0.3 is 19.3 Å². The van der Waals surface area contributed by atoms with Crippen LogP contribution in [-0.4, -0.2) is 54.6 Å². The molecule has 1 N–H and O–H groups in total. The number of carbonyl (C=O) groups is 4. The van der Waals surface area contributed by atoms with Crippen molar-refractivity contribution in [1.82, 2.24) is 5.06 Å². The molecule has 0 bridgehead atoms. The predicted molar refractivity (Wildman–Crippen MR) is 150 cm³/mol. The molecule has 0 saturated carbocycles. The molecule has 5 rings (SSSR count). The third-order valence-corrected chi connectivity index (χ3v) is 8.97. The summed E-state index contributed by atoms with van der Waals surface area (Å²) < 4.78 is 34.9. The van der Waals surface area contributed by atoms with Crippen LogP contribution in [-0.2, 0) is 34.8 Å². The lowest BCUT2D eigenvalue weighted by Gasteiger charge is -2.43. The van der Waals surface area contributed by atoms with Crippen molar-refractivity contribution in [3.63, 3.8) is 0 Å². The number of carbonyl (C=O) groups excluding carboxylic acids is 4. The molecule has 2 aromatic rings. The Morgan fingerprint density at radius 1 is 1.07 bits per heavy atom. The van der Waals surface area contributed by atoms with Crippen molar-refractivity contribution in [2.75, 3.05) is 12.8 Å². The van der Waals surface area contributed by atoms with Crippen molar-refractivity contribution in [3.05, 3.63) is 93.7 Å². The Morgan fingerprint density at radius 3 is 2.30 bits per heavy atom. The van der Waals surface area contributed by atoms with Crippen molar-refractivity contribution in [1.29, 1.82) is 0 Å². The second kappa shape index (κ2) is 11.0. The summed E-state index contributed by atoms with van der Waals surface area (Å²) in [6, 6.07) is 10.1. The standard InChI is InChI=1S/C31H30N2O9S/c1-18-16-20(30(38)42-33-24(34)11-12-25(33)35)17-19(2)27(18)31(14-7-15-43(39,40)41)13-6-10-23-28(31)26(29(36)37)21-8-4-5-9-22(21)32(23)3/h4-6,8-10,13,16-17H,7,11-12,14-15H2,1-3H3,(H,36,37)(H,39,40,41)/p-1. The molecule has 2 aliphatic heterocycles. The first kappa shape index (κ1) is 30.1. The lowest BCUT2D eigenvalue weighted by molar-refractivity contribution is -0.765. The molecule has 12 heteroatoms. The average molecular weight is 606 g/mol. The third kappa shape index (κ3) is 5.33. The van der Waals surface area contributed by atoms with Crippen LogP contribution in [0.5, 0.6) is 0 Å². The van der Waals surface area contributed by atoms with Crippen LogP contribution in [0.1, 0.15) is 58.3 Å². The summed E-state index contributed by atoms with van der Waals surface area (Å²) in [7, 11) is -2.69. The number of carboxylic acids is 1. The van der Waals surface area contributed by atoms with Gasteiger partial charge in [0, 0.05) is 46.8 Å². The van der Waals surface area contributed by atoms with E-state index in [1.165, 1.54) is 12.1 Å². The minimum atomic E-state index is -4.57. The maximum absolute atomic E-state index is 13.0. The topological polar surface area (TPSA) is 165 Å². The van der Waals surface area contributed by atoms with Gasteiger partial charge in [-0.2, -0.15) is 0 Å². The zero-order valence-electron chi connectivity index (χ0n) is 23.8. The number of benzene rings is 2. The first-order valence-corrected chi connectivity index (χ1v) is 15.3. The summed E-state index contributed by atoms with van der Waals surface area (Å²) in [5.41, 5.74) is 2.72. The molecule has 224 valence electrons. The second-order valence-electron chi connectivity index (χ2n) is 10.9. The molecule has 2 atom stereocenters. The summed E-state index contributed by atoms with van der Waals surface area (Å²) in [6.07, 6.45) is 5.25. The second-order valence-corrected chi connectivity index (χ2v) is 12.5. The smallest absolute Gasteiger partial charge is 0.363 e. The molecule has 1 fully saturated rings. The molecule has 43 heavy (non-hydrogen) atoms. The van der Waals surface area contributed by atoms with Gasteiger partial charge in [-0.05, 0) is 67.7 Å². The Bertz CT molecular complexity index is 1750. The monoisotopic (exact) mass is 605 g/mol. The van der Waals surface area contributed by atoms with Gasteiger partial charge in [0.1, 0.15) is 11.4 Å². The summed E-state index contributed by atoms with van der Waals surface area (Å²) >= 11 is 0. The number of nitrogens with zero attached hydrogens (tertiary/aromatic N) is 1. The Balaban J connectivity index is 1.71. The summed E-state index contributed by atoms with van der Waals surface area (Å²) in [6.45, 7) is 3.44. The van der Waals surface area contributed by atoms with Crippen molar-refractivity contribution < 1.29 is 47.0 Å².